The van der Waals surface area contributed by atoms with Gasteiger partial charge < -0.3 is 4.74 Å². The average molecular weight is 201 g/mol. The number of alkyl halides is 2. The van der Waals surface area contributed by atoms with Crippen LogP contribution in [0.15, 0.2) is 12.3 Å². The second-order valence-corrected chi connectivity index (χ2v) is 3.31. The quantitative estimate of drug-likeness (QED) is 0.749. The Hall–Kier alpha value is -1.19. The molecule has 1 heterocycles. The van der Waals surface area contributed by atoms with Gasteiger partial charge in [-0.05, 0) is 5.92 Å². The monoisotopic (exact) mass is 201 g/mol. The molecule has 0 aromatic carbocycles. The van der Waals surface area contributed by atoms with Gasteiger partial charge in [-0.2, -0.15) is 0 Å². The van der Waals surface area contributed by atoms with Gasteiger partial charge in [0, 0.05) is 17.8 Å². The van der Waals surface area contributed by atoms with Gasteiger partial charge in [-0.1, -0.05) is 13.8 Å². The fourth-order valence-corrected chi connectivity index (χ4v) is 1.19. The number of hydrogen-bond acceptors (Lipinski definition) is 2. The maximum atomic E-state index is 12.3. The summed E-state index contributed by atoms with van der Waals surface area (Å²) in [5.74, 6) is 0.689. The third-order valence-corrected chi connectivity index (χ3v) is 1.98. The van der Waals surface area contributed by atoms with Gasteiger partial charge in [0.15, 0.2) is 0 Å². The predicted octanol–water partition coefficient (Wildman–Crippen LogP) is 3.15. The van der Waals surface area contributed by atoms with Gasteiger partial charge in [0.25, 0.3) is 6.43 Å². The molecule has 0 unspecified atom stereocenters. The zero-order valence-electron chi connectivity index (χ0n) is 8.42. The predicted molar refractivity (Wildman–Crippen MR) is 49.8 cm³/mol. The first-order valence-corrected chi connectivity index (χ1v) is 4.38. The van der Waals surface area contributed by atoms with E-state index in [1.54, 1.807) is 0 Å². The second-order valence-electron chi connectivity index (χ2n) is 3.31. The highest BCUT2D eigenvalue weighted by atomic mass is 19.3. The lowest BCUT2D eigenvalue weighted by Crippen LogP contribution is -1.99. The van der Waals surface area contributed by atoms with Crippen molar-refractivity contribution in [1.29, 1.82) is 0 Å². The number of halogens is 2. The summed E-state index contributed by atoms with van der Waals surface area (Å²) in [6.07, 6.45) is -1.10. The molecule has 0 aliphatic rings. The minimum Gasteiger partial charge on any atom is -0.496 e. The Kier molecular flexibility index (Phi) is 3.38. The van der Waals surface area contributed by atoms with Crippen molar-refractivity contribution in [1.82, 2.24) is 4.98 Å². The SMILES string of the molecule is COc1cc(C(F)F)ncc1C(C)C. The number of rotatable bonds is 3. The van der Waals surface area contributed by atoms with Crippen molar-refractivity contribution in [3.63, 3.8) is 0 Å². The lowest BCUT2D eigenvalue weighted by molar-refractivity contribution is 0.145. The van der Waals surface area contributed by atoms with E-state index in [1.165, 1.54) is 19.4 Å². The fourth-order valence-electron chi connectivity index (χ4n) is 1.19. The van der Waals surface area contributed by atoms with Crippen LogP contribution in [-0.2, 0) is 0 Å². The smallest absolute Gasteiger partial charge is 0.280 e. The Morgan fingerprint density at radius 3 is 2.43 bits per heavy atom. The number of pyridine rings is 1. The van der Waals surface area contributed by atoms with Crippen LogP contribution >= 0.6 is 0 Å². The molecule has 0 atom stereocenters. The first kappa shape index (κ1) is 10.9. The van der Waals surface area contributed by atoms with Gasteiger partial charge in [-0.15, -0.1) is 0 Å². The molecular formula is C10H13F2NO. The molecule has 0 amide bonds. The number of ether oxygens (including phenoxy) is 1. The van der Waals surface area contributed by atoms with Gasteiger partial charge in [-0.25, -0.2) is 8.78 Å². The minimum absolute atomic E-state index is 0.212. The first-order valence-electron chi connectivity index (χ1n) is 4.38. The largest absolute Gasteiger partial charge is 0.496 e. The van der Waals surface area contributed by atoms with E-state index in [0.29, 0.717) is 5.75 Å². The Bertz CT molecular complexity index is 313. The maximum absolute atomic E-state index is 12.3. The zero-order chi connectivity index (χ0) is 10.7. The van der Waals surface area contributed by atoms with E-state index < -0.39 is 6.43 Å². The Morgan fingerprint density at radius 1 is 1.36 bits per heavy atom. The van der Waals surface area contributed by atoms with E-state index in [2.05, 4.69) is 4.98 Å². The van der Waals surface area contributed by atoms with Crippen molar-refractivity contribution in [3.05, 3.63) is 23.5 Å². The average Bonchev–Trinajstić information content (AvgIpc) is 2.16. The van der Waals surface area contributed by atoms with Crippen LogP contribution in [0.5, 0.6) is 5.75 Å². The van der Waals surface area contributed by atoms with Crippen molar-refractivity contribution in [2.24, 2.45) is 0 Å². The maximum Gasteiger partial charge on any atom is 0.280 e. The van der Waals surface area contributed by atoms with Crippen LogP contribution in [0.25, 0.3) is 0 Å². The van der Waals surface area contributed by atoms with Crippen LogP contribution in [0.3, 0.4) is 0 Å². The zero-order valence-corrected chi connectivity index (χ0v) is 8.42. The van der Waals surface area contributed by atoms with E-state index in [0.717, 1.165) is 5.56 Å². The van der Waals surface area contributed by atoms with Crippen LogP contribution < -0.4 is 4.74 Å². The standard InChI is InChI=1S/C10H13F2NO/c1-6(2)7-5-13-8(10(11)12)4-9(7)14-3/h4-6,10H,1-3H3. The molecule has 78 valence electrons. The van der Waals surface area contributed by atoms with Crippen LogP contribution in [0, 0.1) is 0 Å². The van der Waals surface area contributed by atoms with Crippen LogP contribution in [0.1, 0.15) is 37.4 Å². The summed E-state index contributed by atoms with van der Waals surface area (Å²) in [7, 11) is 1.47. The number of hydrogen-bond donors (Lipinski definition) is 0. The molecule has 0 spiro atoms. The molecule has 0 saturated heterocycles. The fraction of sp³-hybridized carbons (Fsp3) is 0.500. The van der Waals surface area contributed by atoms with Gasteiger partial charge in [0.2, 0.25) is 0 Å². The number of methoxy groups -OCH3 is 1. The van der Waals surface area contributed by atoms with Crippen LogP contribution in [0.4, 0.5) is 8.78 Å². The Morgan fingerprint density at radius 2 is 2.00 bits per heavy atom. The molecule has 0 bridgehead atoms. The van der Waals surface area contributed by atoms with Crippen molar-refractivity contribution >= 4 is 0 Å². The third kappa shape index (κ3) is 2.19. The summed E-state index contributed by atoms with van der Waals surface area (Å²) in [6.45, 7) is 3.92. The van der Waals surface area contributed by atoms with E-state index in [-0.39, 0.29) is 11.6 Å². The molecule has 0 radical (unpaired) electrons. The molecule has 1 aromatic heterocycles. The summed E-state index contributed by atoms with van der Waals surface area (Å²) < 4.78 is 29.6. The normalized spacial score (nSPS) is 11.1. The topological polar surface area (TPSA) is 22.1 Å². The van der Waals surface area contributed by atoms with Crippen molar-refractivity contribution in [2.45, 2.75) is 26.2 Å². The molecule has 4 heteroatoms. The molecule has 1 aromatic rings. The number of nitrogens with zero attached hydrogens (tertiary/aromatic N) is 1. The first-order chi connectivity index (χ1) is 6.56. The molecule has 0 aliphatic heterocycles. The molecule has 0 aliphatic carbocycles. The Labute approximate surface area is 81.9 Å². The summed E-state index contributed by atoms with van der Waals surface area (Å²) in [4.78, 5) is 3.68. The highest BCUT2D eigenvalue weighted by Crippen LogP contribution is 2.28. The summed E-state index contributed by atoms with van der Waals surface area (Å²) in [6, 6.07) is 1.29. The van der Waals surface area contributed by atoms with Gasteiger partial charge in [0.05, 0.1) is 7.11 Å². The van der Waals surface area contributed by atoms with Crippen molar-refractivity contribution in [2.75, 3.05) is 7.11 Å². The lowest BCUT2D eigenvalue weighted by Gasteiger charge is -2.12. The molecule has 2 nitrogen and oxygen atoms in total. The second kappa shape index (κ2) is 4.35. The van der Waals surface area contributed by atoms with Gasteiger partial charge in [-0.3, -0.25) is 4.98 Å². The van der Waals surface area contributed by atoms with Gasteiger partial charge in [0.1, 0.15) is 11.4 Å². The number of aromatic nitrogens is 1. The molecule has 0 N–H and O–H groups in total. The highest BCUT2D eigenvalue weighted by molar-refractivity contribution is 5.35. The molecular weight excluding hydrogens is 188 g/mol. The minimum atomic E-state index is -2.55. The lowest BCUT2D eigenvalue weighted by atomic mass is 10.0. The van der Waals surface area contributed by atoms with Crippen molar-refractivity contribution < 1.29 is 13.5 Å². The van der Waals surface area contributed by atoms with E-state index >= 15 is 0 Å². The van der Waals surface area contributed by atoms with Crippen molar-refractivity contribution in [3.8, 4) is 5.75 Å². The molecule has 0 saturated carbocycles. The third-order valence-electron chi connectivity index (χ3n) is 1.98. The Balaban J connectivity index is 3.11. The molecule has 14 heavy (non-hydrogen) atoms. The molecule has 0 fully saturated rings. The van der Waals surface area contributed by atoms with E-state index in [4.69, 9.17) is 4.74 Å². The van der Waals surface area contributed by atoms with E-state index in [9.17, 15) is 8.78 Å². The summed E-state index contributed by atoms with van der Waals surface area (Å²) in [5, 5.41) is 0. The summed E-state index contributed by atoms with van der Waals surface area (Å²) >= 11 is 0. The molecule has 1 rings (SSSR count). The highest BCUT2D eigenvalue weighted by Gasteiger charge is 2.14. The van der Waals surface area contributed by atoms with Gasteiger partial charge >= 0.3 is 0 Å². The summed E-state index contributed by atoms with van der Waals surface area (Å²) in [5.41, 5.74) is 0.600. The van der Waals surface area contributed by atoms with Crippen LogP contribution in [0.2, 0.25) is 0 Å². The van der Waals surface area contributed by atoms with E-state index in [1.807, 2.05) is 13.8 Å². The van der Waals surface area contributed by atoms with Crippen LogP contribution in [-0.4, -0.2) is 12.1 Å².